The predicted octanol–water partition coefficient (Wildman–Crippen LogP) is 0.175. The van der Waals surface area contributed by atoms with Crippen LogP contribution in [0.2, 0.25) is 0 Å². The Morgan fingerprint density at radius 2 is 1.41 bits per heavy atom. The molecule has 0 bridgehead atoms. The van der Waals surface area contributed by atoms with E-state index in [9.17, 15) is 50.5 Å². The van der Waals surface area contributed by atoms with Gasteiger partial charge in [0.2, 0.25) is 5.79 Å². The van der Waals surface area contributed by atoms with Gasteiger partial charge in [-0.3, -0.25) is 4.79 Å². The predicted molar refractivity (Wildman–Crippen MR) is 159 cm³/mol. The molecular formula is C27H35F7N8O9. The monoisotopic (exact) mass is 748 g/mol. The van der Waals surface area contributed by atoms with Gasteiger partial charge < -0.3 is 57.5 Å². The van der Waals surface area contributed by atoms with E-state index in [1.165, 1.54) is 29.2 Å². The van der Waals surface area contributed by atoms with Crippen molar-refractivity contribution in [3.8, 4) is 0 Å². The number of ether oxygens (including phenoxy) is 1. The van der Waals surface area contributed by atoms with Gasteiger partial charge >= 0.3 is 30.4 Å². The summed E-state index contributed by atoms with van der Waals surface area (Å²) in [6.07, 6.45) is -7.60. The van der Waals surface area contributed by atoms with E-state index in [2.05, 4.69) is 25.9 Å². The zero-order chi connectivity index (χ0) is 38.8. The molecule has 0 radical (unpaired) electrons. The van der Waals surface area contributed by atoms with Crippen LogP contribution in [0.5, 0.6) is 0 Å². The number of guanidine groups is 2. The number of carboxylic acid groups (broad SMARTS) is 2. The summed E-state index contributed by atoms with van der Waals surface area (Å²) in [4.78, 5) is 52.1. The largest absolute Gasteiger partial charge is 0.490 e. The highest BCUT2D eigenvalue weighted by atomic mass is 19.4. The van der Waals surface area contributed by atoms with Crippen LogP contribution >= 0.6 is 0 Å². The molecule has 1 spiro atoms. The molecule has 3 atom stereocenters. The van der Waals surface area contributed by atoms with Crippen LogP contribution in [0, 0.1) is 5.82 Å². The van der Waals surface area contributed by atoms with E-state index in [1.807, 2.05) is 0 Å². The summed E-state index contributed by atoms with van der Waals surface area (Å²) in [6, 6.07) is 3.80. The number of nitrogens with two attached hydrogens (primary N) is 2. The van der Waals surface area contributed by atoms with Gasteiger partial charge in [0.1, 0.15) is 24.5 Å². The van der Waals surface area contributed by atoms with Crippen LogP contribution in [0.1, 0.15) is 42.5 Å². The number of aliphatic carboxylic acids is 2. The number of aliphatic imine (C=N–C) groups is 2. The van der Waals surface area contributed by atoms with Crippen LogP contribution in [0.4, 0.5) is 35.5 Å². The molecule has 0 unspecified atom stereocenters. The van der Waals surface area contributed by atoms with Gasteiger partial charge in [-0.05, 0) is 37.1 Å². The van der Waals surface area contributed by atoms with Crippen molar-refractivity contribution in [1.29, 1.82) is 0 Å². The number of alkyl halides is 6. The molecule has 286 valence electrons. The van der Waals surface area contributed by atoms with E-state index in [4.69, 9.17) is 36.0 Å². The van der Waals surface area contributed by atoms with Gasteiger partial charge in [-0.2, -0.15) is 26.3 Å². The Kier molecular flexibility index (Phi) is 14.2. The number of aliphatic hydroxyl groups is 2. The van der Waals surface area contributed by atoms with Crippen LogP contribution in [0.15, 0.2) is 34.3 Å². The zero-order valence-corrected chi connectivity index (χ0v) is 26.3. The van der Waals surface area contributed by atoms with E-state index in [-0.39, 0.29) is 43.2 Å². The molecule has 0 aliphatic carbocycles. The highest BCUT2D eigenvalue weighted by molar-refractivity contribution is 5.94. The molecule has 1 aromatic rings. The third-order valence-corrected chi connectivity index (χ3v) is 7.32. The lowest BCUT2D eigenvalue weighted by Gasteiger charge is -2.48. The summed E-state index contributed by atoms with van der Waals surface area (Å²) in [6.45, 7) is 0.987. The average Bonchev–Trinajstić information content (AvgIpc) is 3.52. The van der Waals surface area contributed by atoms with Crippen LogP contribution in [0.3, 0.4) is 0 Å². The molecule has 1 fully saturated rings. The van der Waals surface area contributed by atoms with Crippen molar-refractivity contribution in [1.82, 2.24) is 20.9 Å². The molecule has 2 amide bonds. The fourth-order valence-corrected chi connectivity index (χ4v) is 4.97. The summed E-state index contributed by atoms with van der Waals surface area (Å²) in [5, 5.41) is 43.9. The third kappa shape index (κ3) is 11.4. The minimum atomic E-state index is -5.08. The minimum absolute atomic E-state index is 0.0181. The molecule has 11 N–H and O–H groups in total. The summed E-state index contributed by atoms with van der Waals surface area (Å²) < 4.78 is 81.7. The molecule has 17 nitrogen and oxygen atoms in total. The number of nitrogens with one attached hydrogen (secondary N) is 3. The number of carbonyl (C=O) groups is 4. The van der Waals surface area contributed by atoms with E-state index in [0.717, 1.165) is 25.7 Å². The Bertz CT molecular complexity index is 1440. The maximum Gasteiger partial charge on any atom is 0.490 e. The quantitative estimate of drug-likeness (QED) is 0.0879. The maximum absolute atomic E-state index is 12.9. The number of amides is 2. The summed E-state index contributed by atoms with van der Waals surface area (Å²) in [5.41, 5.74) is 10.9. The molecular weight excluding hydrogens is 713 g/mol. The Morgan fingerprint density at radius 3 is 1.92 bits per heavy atom. The lowest BCUT2D eigenvalue weighted by molar-refractivity contribution is -0.221. The molecule has 0 saturated carbocycles. The fourth-order valence-electron chi connectivity index (χ4n) is 4.97. The molecule has 4 rings (SSSR count). The summed E-state index contributed by atoms with van der Waals surface area (Å²) in [5.74, 6) is -8.20. The lowest BCUT2D eigenvalue weighted by atomic mass is 9.87. The second-order valence-electron chi connectivity index (χ2n) is 10.9. The molecule has 3 heterocycles. The van der Waals surface area contributed by atoms with Gasteiger partial charge in [-0.25, -0.2) is 28.8 Å². The van der Waals surface area contributed by atoms with Crippen molar-refractivity contribution < 1.29 is 75.1 Å². The van der Waals surface area contributed by atoms with Crippen LogP contribution in [-0.2, 0) is 14.3 Å². The van der Waals surface area contributed by atoms with Gasteiger partial charge in [0, 0.05) is 31.6 Å². The summed E-state index contributed by atoms with van der Waals surface area (Å²) in [7, 11) is 0. The molecule has 24 heteroatoms. The topological polar surface area (TPSA) is 275 Å². The van der Waals surface area contributed by atoms with E-state index in [1.54, 1.807) is 0 Å². The van der Waals surface area contributed by atoms with Crippen molar-refractivity contribution in [2.45, 2.75) is 68.0 Å². The van der Waals surface area contributed by atoms with Crippen LogP contribution in [-0.4, -0.2) is 123 Å². The van der Waals surface area contributed by atoms with Crippen LogP contribution < -0.4 is 27.4 Å². The minimum Gasteiger partial charge on any atom is -0.475 e. The second kappa shape index (κ2) is 17.2. The Labute approximate surface area is 283 Å². The van der Waals surface area contributed by atoms with Gasteiger partial charge in [-0.15, -0.1) is 0 Å². The first-order valence-corrected chi connectivity index (χ1v) is 14.7. The molecule has 1 aromatic carbocycles. The molecule has 3 aliphatic rings. The number of carbonyl (C=O) groups excluding carboxylic acids is 2. The Balaban J connectivity index is 0.000000543. The number of carboxylic acids is 2. The SMILES string of the molecule is NC1=N[C@H]2[C@H](COC(=O)NCCCCCCNC(=O)c3ccc(F)cc3)N=C(N)N3CCC(O)(O)[C@]23N1.O=C(O)C(F)(F)F.O=C(O)C(F)(F)F. The number of unbranched alkanes of at least 4 members (excludes halogenated alkanes) is 3. The number of alkyl carbamates (subject to hydrolysis) is 1. The Morgan fingerprint density at radius 1 is 0.902 bits per heavy atom. The summed E-state index contributed by atoms with van der Waals surface area (Å²) >= 11 is 0. The number of hydrogen-bond acceptors (Lipinski definition) is 13. The fraction of sp³-hybridized carbons (Fsp3) is 0.556. The lowest BCUT2D eigenvalue weighted by Crippen LogP contribution is -2.76. The van der Waals surface area contributed by atoms with Crippen molar-refractivity contribution in [3.63, 3.8) is 0 Å². The van der Waals surface area contributed by atoms with Gasteiger partial charge in [0.25, 0.3) is 5.91 Å². The number of rotatable bonds is 10. The average molecular weight is 749 g/mol. The van der Waals surface area contributed by atoms with Crippen molar-refractivity contribution in [2.24, 2.45) is 21.5 Å². The van der Waals surface area contributed by atoms with Gasteiger partial charge in [0.05, 0.1) is 0 Å². The number of halogens is 7. The highest BCUT2D eigenvalue weighted by Crippen LogP contribution is 2.44. The van der Waals surface area contributed by atoms with Gasteiger partial charge in [-0.1, -0.05) is 12.8 Å². The zero-order valence-electron chi connectivity index (χ0n) is 26.3. The third-order valence-electron chi connectivity index (χ3n) is 7.32. The molecule has 0 aromatic heterocycles. The van der Waals surface area contributed by atoms with E-state index in [0.29, 0.717) is 18.7 Å². The molecule has 3 aliphatic heterocycles. The maximum atomic E-state index is 12.9. The first-order chi connectivity index (χ1) is 23.5. The van der Waals surface area contributed by atoms with Crippen molar-refractivity contribution >= 4 is 35.9 Å². The number of hydrogen-bond donors (Lipinski definition) is 9. The highest BCUT2D eigenvalue weighted by Gasteiger charge is 2.69. The molecule has 1 saturated heterocycles. The smallest absolute Gasteiger partial charge is 0.475 e. The van der Waals surface area contributed by atoms with Crippen molar-refractivity contribution in [3.05, 3.63) is 35.6 Å². The number of nitrogens with zero attached hydrogens (tertiary/aromatic N) is 3. The van der Waals surface area contributed by atoms with E-state index < -0.39 is 53.9 Å². The molecule has 51 heavy (non-hydrogen) atoms. The van der Waals surface area contributed by atoms with E-state index >= 15 is 0 Å². The standard InChI is InChI=1S/C23H33FN8O5.2C2HF3O2/c24-15-7-5-14(6-8-15)18(33)27-10-3-1-2-4-11-28-21(34)37-13-16-17-23(31-19(25)30-17)22(35,36)9-12-32(23)20(26)29-16;2*3-2(4,5)1(6)7/h5-8,16-17,35-36H,1-4,9-13H2,(H2,26,29)(H,27,33)(H,28,34)(H3,25,30,31);2*(H,6,7)/t16-,17-,23-;;/m0../s1. The first-order valence-electron chi connectivity index (χ1n) is 14.7. The number of benzene rings is 1. The Hall–Kier alpha value is -5.13. The van der Waals surface area contributed by atoms with Crippen LogP contribution in [0.25, 0.3) is 0 Å². The first kappa shape index (κ1) is 42.0. The second-order valence-corrected chi connectivity index (χ2v) is 10.9. The van der Waals surface area contributed by atoms with Crippen molar-refractivity contribution in [2.75, 3.05) is 26.2 Å². The van der Waals surface area contributed by atoms with Gasteiger partial charge in [0.15, 0.2) is 17.6 Å². The normalized spacial score (nSPS) is 21.5.